The summed E-state index contributed by atoms with van der Waals surface area (Å²) in [4.78, 5) is 12.3. The first-order valence-corrected chi connectivity index (χ1v) is 9.89. The molecular formula is C18H20ClN3O3S. The molecule has 0 bridgehead atoms. The minimum absolute atomic E-state index is 0.0765. The summed E-state index contributed by atoms with van der Waals surface area (Å²) in [7, 11) is -3.63. The number of sulfonamides is 1. The predicted octanol–water partition coefficient (Wildman–Crippen LogP) is 3.13. The second kappa shape index (κ2) is 8.93. The van der Waals surface area contributed by atoms with Gasteiger partial charge in [0.1, 0.15) is 0 Å². The minimum atomic E-state index is -3.63. The van der Waals surface area contributed by atoms with Gasteiger partial charge in [0.15, 0.2) is 0 Å². The highest BCUT2D eigenvalue weighted by Crippen LogP contribution is 2.17. The fourth-order valence-electron chi connectivity index (χ4n) is 2.33. The molecule has 0 saturated heterocycles. The van der Waals surface area contributed by atoms with Crippen LogP contribution in [0.4, 0.5) is 0 Å². The van der Waals surface area contributed by atoms with E-state index in [9.17, 15) is 13.2 Å². The molecule has 0 heterocycles. The number of carbonyl (C=O) groups is 1. The first-order chi connectivity index (χ1) is 12.4. The summed E-state index contributed by atoms with van der Waals surface area (Å²) in [5.41, 5.74) is 3.32. The molecule has 0 spiro atoms. The average Bonchev–Trinajstić information content (AvgIpc) is 2.62. The van der Waals surface area contributed by atoms with Crippen LogP contribution in [-0.2, 0) is 10.0 Å². The van der Waals surface area contributed by atoms with Gasteiger partial charge in [0.05, 0.1) is 11.1 Å². The lowest BCUT2D eigenvalue weighted by molar-refractivity contribution is 0.0955. The lowest BCUT2D eigenvalue weighted by atomic mass is 10.2. The Morgan fingerprint density at radius 2 is 1.85 bits per heavy atom. The molecular weight excluding hydrogens is 374 g/mol. The fraction of sp³-hybridized carbons (Fsp3) is 0.222. The first-order valence-electron chi connectivity index (χ1n) is 8.07. The maximum atomic E-state index is 12.6. The van der Waals surface area contributed by atoms with Crippen LogP contribution in [0.15, 0.2) is 58.5 Å². The average molecular weight is 394 g/mol. The zero-order valence-electron chi connectivity index (χ0n) is 14.5. The topological polar surface area (TPSA) is 78.8 Å². The Bertz CT molecular complexity index is 909. The predicted molar refractivity (Wildman–Crippen MR) is 103 cm³/mol. The second-order valence-electron chi connectivity index (χ2n) is 5.37. The van der Waals surface area contributed by atoms with Crippen LogP contribution in [0.1, 0.15) is 29.8 Å². The van der Waals surface area contributed by atoms with Gasteiger partial charge >= 0.3 is 0 Å². The van der Waals surface area contributed by atoms with Crippen molar-refractivity contribution in [3.8, 4) is 0 Å². The number of hydrogen-bond acceptors (Lipinski definition) is 4. The lowest BCUT2D eigenvalue weighted by Crippen LogP contribution is -2.30. The van der Waals surface area contributed by atoms with Crippen molar-refractivity contribution in [2.24, 2.45) is 5.10 Å². The van der Waals surface area contributed by atoms with Gasteiger partial charge in [0.25, 0.3) is 5.91 Å². The molecule has 2 rings (SSSR count). The Kier molecular flexibility index (Phi) is 6.90. The van der Waals surface area contributed by atoms with Crippen molar-refractivity contribution in [1.82, 2.24) is 9.73 Å². The Morgan fingerprint density at radius 3 is 2.50 bits per heavy atom. The van der Waals surface area contributed by atoms with Crippen LogP contribution in [0.25, 0.3) is 0 Å². The van der Waals surface area contributed by atoms with E-state index >= 15 is 0 Å². The van der Waals surface area contributed by atoms with E-state index < -0.39 is 15.9 Å². The molecule has 0 radical (unpaired) electrons. The number of carbonyl (C=O) groups excluding carboxylic acids is 1. The zero-order chi connectivity index (χ0) is 19.2. The summed E-state index contributed by atoms with van der Waals surface area (Å²) in [6, 6.07) is 12.9. The maximum absolute atomic E-state index is 12.6. The van der Waals surface area contributed by atoms with Gasteiger partial charge in [0, 0.05) is 23.7 Å². The summed E-state index contributed by atoms with van der Waals surface area (Å²) in [5, 5.41) is 4.44. The number of nitrogens with one attached hydrogen (secondary N) is 1. The molecule has 138 valence electrons. The first kappa shape index (κ1) is 20.1. The van der Waals surface area contributed by atoms with Crippen molar-refractivity contribution in [1.29, 1.82) is 0 Å². The summed E-state index contributed by atoms with van der Waals surface area (Å²) in [6.45, 7) is 4.25. The molecule has 1 N–H and O–H groups in total. The minimum Gasteiger partial charge on any atom is -0.267 e. The van der Waals surface area contributed by atoms with Gasteiger partial charge in [0.2, 0.25) is 10.0 Å². The Labute approximate surface area is 158 Å². The molecule has 6 nitrogen and oxygen atoms in total. The highest BCUT2D eigenvalue weighted by atomic mass is 35.5. The van der Waals surface area contributed by atoms with Gasteiger partial charge in [-0.25, -0.2) is 13.8 Å². The quantitative estimate of drug-likeness (QED) is 0.579. The van der Waals surface area contributed by atoms with E-state index in [2.05, 4.69) is 10.5 Å². The number of nitrogens with zero attached hydrogens (tertiary/aromatic N) is 2. The van der Waals surface area contributed by atoms with E-state index in [1.54, 1.807) is 38.1 Å². The van der Waals surface area contributed by atoms with Crippen molar-refractivity contribution >= 4 is 33.7 Å². The van der Waals surface area contributed by atoms with E-state index in [0.717, 1.165) is 5.56 Å². The number of amides is 1. The van der Waals surface area contributed by atoms with Crippen molar-refractivity contribution in [2.45, 2.75) is 18.7 Å². The molecule has 2 aromatic rings. The number of halogens is 1. The van der Waals surface area contributed by atoms with Crippen LogP contribution in [-0.4, -0.2) is 37.9 Å². The second-order valence-corrected chi connectivity index (χ2v) is 7.75. The third-order valence-corrected chi connectivity index (χ3v) is 5.95. The van der Waals surface area contributed by atoms with Gasteiger partial charge in [-0.3, -0.25) is 4.79 Å². The Morgan fingerprint density at radius 1 is 1.15 bits per heavy atom. The summed E-state index contributed by atoms with van der Waals surface area (Å²) in [6.07, 6.45) is 1.46. The van der Waals surface area contributed by atoms with E-state index in [1.807, 2.05) is 0 Å². The molecule has 0 aliphatic rings. The van der Waals surface area contributed by atoms with Crippen LogP contribution in [0.2, 0.25) is 5.02 Å². The lowest BCUT2D eigenvalue weighted by Gasteiger charge is -2.18. The van der Waals surface area contributed by atoms with Crippen molar-refractivity contribution in [3.05, 3.63) is 64.7 Å². The molecule has 0 atom stereocenters. The molecule has 26 heavy (non-hydrogen) atoms. The van der Waals surface area contributed by atoms with Gasteiger partial charge in [-0.05, 0) is 35.9 Å². The van der Waals surface area contributed by atoms with E-state index in [4.69, 9.17) is 11.6 Å². The number of hydrogen-bond donors (Lipinski definition) is 1. The van der Waals surface area contributed by atoms with E-state index in [0.29, 0.717) is 18.1 Å². The third kappa shape index (κ3) is 4.91. The summed E-state index contributed by atoms with van der Waals surface area (Å²) in [5.74, 6) is -0.500. The Balaban J connectivity index is 2.15. The monoisotopic (exact) mass is 393 g/mol. The molecule has 0 aliphatic carbocycles. The van der Waals surface area contributed by atoms with Crippen molar-refractivity contribution in [3.63, 3.8) is 0 Å². The molecule has 1 amide bonds. The molecule has 0 unspecified atom stereocenters. The van der Waals surface area contributed by atoms with Crippen LogP contribution in [0, 0.1) is 0 Å². The number of hydrazone groups is 1. The zero-order valence-corrected chi connectivity index (χ0v) is 16.1. The fourth-order valence-corrected chi connectivity index (χ4v) is 4.03. The van der Waals surface area contributed by atoms with Crippen molar-refractivity contribution < 1.29 is 13.2 Å². The molecule has 0 saturated carbocycles. The largest absolute Gasteiger partial charge is 0.271 e. The van der Waals surface area contributed by atoms with E-state index in [-0.39, 0.29) is 10.5 Å². The van der Waals surface area contributed by atoms with Gasteiger partial charge in [-0.15, -0.1) is 0 Å². The third-order valence-electron chi connectivity index (χ3n) is 3.67. The van der Waals surface area contributed by atoms with Gasteiger partial charge in [-0.2, -0.15) is 9.41 Å². The van der Waals surface area contributed by atoms with Crippen LogP contribution in [0.5, 0.6) is 0 Å². The molecule has 0 aromatic heterocycles. The molecule has 0 fully saturated rings. The SMILES string of the molecule is CCN(CC)S(=O)(=O)c1cccc(C(=O)N/N=C/c2cccc(Cl)c2)c1. The van der Waals surface area contributed by atoms with E-state index in [1.165, 1.54) is 34.8 Å². The van der Waals surface area contributed by atoms with Gasteiger partial charge < -0.3 is 0 Å². The standard InChI is InChI=1S/C18H20ClN3O3S/c1-3-22(4-2)26(24,25)17-10-6-8-15(12-17)18(23)21-20-13-14-7-5-9-16(19)11-14/h5-13H,3-4H2,1-2H3,(H,21,23)/b20-13+. The highest BCUT2D eigenvalue weighted by molar-refractivity contribution is 7.89. The smallest absolute Gasteiger partial charge is 0.267 e. The maximum Gasteiger partial charge on any atom is 0.271 e. The number of rotatable bonds is 7. The van der Waals surface area contributed by atoms with Crippen LogP contribution in [0.3, 0.4) is 0 Å². The summed E-state index contributed by atoms with van der Waals surface area (Å²) < 4.78 is 26.4. The normalized spacial score (nSPS) is 11.8. The molecule has 8 heteroatoms. The number of benzene rings is 2. The van der Waals surface area contributed by atoms with Crippen LogP contribution >= 0.6 is 11.6 Å². The highest BCUT2D eigenvalue weighted by Gasteiger charge is 2.22. The van der Waals surface area contributed by atoms with Crippen LogP contribution < -0.4 is 5.43 Å². The summed E-state index contributed by atoms with van der Waals surface area (Å²) >= 11 is 5.88. The Hall–Kier alpha value is -2.22. The molecule has 0 aliphatic heterocycles. The van der Waals surface area contributed by atoms with Crippen molar-refractivity contribution in [2.75, 3.05) is 13.1 Å². The molecule has 2 aromatic carbocycles. The van der Waals surface area contributed by atoms with Gasteiger partial charge in [-0.1, -0.05) is 43.6 Å².